The molecule has 2 unspecified atom stereocenters. The molecule has 0 bridgehead atoms. The molecule has 34 heavy (non-hydrogen) atoms. The highest BCUT2D eigenvalue weighted by Gasteiger charge is 2.20. The minimum absolute atomic E-state index is 0.465. The fourth-order valence-corrected chi connectivity index (χ4v) is 4.72. The van der Waals surface area contributed by atoms with Crippen molar-refractivity contribution in [2.45, 2.75) is 50.6 Å². The zero-order valence-corrected chi connectivity index (χ0v) is 20.8. The Balaban J connectivity index is 1.17. The van der Waals surface area contributed by atoms with Gasteiger partial charge in [-0.25, -0.2) is 0 Å². The maximum Gasteiger partial charge on any atom is 0.123 e. The largest absolute Gasteiger partial charge is 0.492 e. The van der Waals surface area contributed by atoms with E-state index >= 15 is 0 Å². The number of benzene rings is 2. The number of likely N-dealkylation sites (tertiary alicyclic amines) is 2. The number of piperidine rings is 2. The molecule has 0 amide bonds. The molecule has 0 saturated carbocycles. The van der Waals surface area contributed by atoms with Crippen LogP contribution in [-0.4, -0.2) is 75.5 Å². The molecular formula is C28H40N2O4. The molecule has 2 aromatic carbocycles. The molecular weight excluding hydrogens is 428 g/mol. The smallest absolute Gasteiger partial charge is 0.123 e. The molecule has 0 spiro atoms. The third kappa shape index (κ3) is 7.54. The van der Waals surface area contributed by atoms with Crippen molar-refractivity contribution in [3.63, 3.8) is 0 Å². The van der Waals surface area contributed by atoms with Crippen LogP contribution in [0.2, 0.25) is 0 Å². The number of ether oxygens (including phenoxy) is 4. The molecule has 0 N–H and O–H groups in total. The Kier molecular flexibility index (Phi) is 9.34. The molecule has 0 aromatic heterocycles. The minimum atomic E-state index is 0.465. The van der Waals surface area contributed by atoms with Crippen LogP contribution in [0.1, 0.15) is 38.5 Å². The van der Waals surface area contributed by atoms with E-state index in [4.69, 9.17) is 18.9 Å². The molecule has 2 atom stereocenters. The summed E-state index contributed by atoms with van der Waals surface area (Å²) in [6, 6.07) is 16.7. The quantitative estimate of drug-likeness (QED) is 0.439. The lowest BCUT2D eigenvalue weighted by Gasteiger charge is -2.32. The van der Waals surface area contributed by atoms with Crippen LogP contribution in [-0.2, 0) is 0 Å². The first-order valence-corrected chi connectivity index (χ1v) is 12.8. The van der Waals surface area contributed by atoms with Gasteiger partial charge >= 0.3 is 0 Å². The van der Waals surface area contributed by atoms with Crippen molar-refractivity contribution in [2.75, 3.05) is 53.6 Å². The van der Waals surface area contributed by atoms with Gasteiger partial charge in [0.15, 0.2) is 0 Å². The van der Waals surface area contributed by atoms with Gasteiger partial charge in [0.2, 0.25) is 0 Å². The molecule has 4 rings (SSSR count). The lowest BCUT2D eigenvalue weighted by molar-refractivity contribution is 0.124. The summed E-state index contributed by atoms with van der Waals surface area (Å²) in [4.78, 5) is 4.80. The number of rotatable bonds is 11. The zero-order chi connectivity index (χ0) is 23.6. The van der Waals surface area contributed by atoms with Crippen LogP contribution in [0.4, 0.5) is 0 Å². The fraction of sp³-hybridized carbons (Fsp3) is 0.571. The summed E-state index contributed by atoms with van der Waals surface area (Å²) in [5, 5.41) is 0. The molecule has 2 heterocycles. The van der Waals surface area contributed by atoms with Crippen molar-refractivity contribution in [2.24, 2.45) is 0 Å². The fourth-order valence-electron chi connectivity index (χ4n) is 4.72. The van der Waals surface area contributed by atoms with Crippen LogP contribution in [0.15, 0.2) is 48.5 Å². The van der Waals surface area contributed by atoms with E-state index < -0.39 is 0 Å². The van der Waals surface area contributed by atoms with Gasteiger partial charge < -0.3 is 28.7 Å². The van der Waals surface area contributed by atoms with Gasteiger partial charge in [0.1, 0.15) is 49.4 Å². The number of likely N-dealkylation sites (N-methyl/N-ethyl adjacent to an activating group) is 2. The molecule has 0 aliphatic carbocycles. The Morgan fingerprint density at radius 1 is 0.618 bits per heavy atom. The molecule has 2 fully saturated rings. The van der Waals surface area contributed by atoms with Gasteiger partial charge in [-0.05, 0) is 77.1 Å². The Morgan fingerprint density at radius 3 is 1.44 bits per heavy atom. The minimum Gasteiger partial charge on any atom is -0.492 e. The second-order valence-electron chi connectivity index (χ2n) is 9.53. The van der Waals surface area contributed by atoms with Crippen molar-refractivity contribution in [1.29, 1.82) is 0 Å². The van der Waals surface area contributed by atoms with Crippen molar-refractivity contribution in [3.8, 4) is 23.0 Å². The van der Waals surface area contributed by atoms with Crippen LogP contribution in [0.25, 0.3) is 0 Å². The Morgan fingerprint density at radius 2 is 1.03 bits per heavy atom. The van der Waals surface area contributed by atoms with Crippen molar-refractivity contribution < 1.29 is 18.9 Å². The molecule has 6 nitrogen and oxygen atoms in total. The average molecular weight is 469 g/mol. The molecule has 2 aliphatic rings. The van der Waals surface area contributed by atoms with E-state index in [2.05, 4.69) is 23.9 Å². The van der Waals surface area contributed by atoms with Crippen LogP contribution in [0.3, 0.4) is 0 Å². The maximum atomic E-state index is 6.05. The zero-order valence-electron chi connectivity index (χ0n) is 20.8. The number of nitrogens with zero attached hydrogens (tertiary/aromatic N) is 2. The van der Waals surface area contributed by atoms with E-state index in [0.717, 1.165) is 49.3 Å². The topological polar surface area (TPSA) is 43.4 Å². The van der Waals surface area contributed by atoms with Gasteiger partial charge in [-0.3, -0.25) is 0 Å². The Labute approximate surface area is 204 Å². The maximum absolute atomic E-state index is 6.05. The summed E-state index contributed by atoms with van der Waals surface area (Å²) in [6.45, 7) is 4.69. The van der Waals surface area contributed by atoms with Crippen molar-refractivity contribution in [3.05, 3.63) is 48.5 Å². The lowest BCUT2D eigenvalue weighted by atomic mass is 10.0. The third-order valence-corrected chi connectivity index (χ3v) is 6.96. The molecule has 2 aromatic rings. The lowest BCUT2D eigenvalue weighted by Crippen LogP contribution is -2.40. The van der Waals surface area contributed by atoms with E-state index in [9.17, 15) is 0 Å². The summed E-state index contributed by atoms with van der Waals surface area (Å²) < 4.78 is 23.9. The molecule has 186 valence electrons. The molecule has 6 heteroatoms. The first-order chi connectivity index (χ1) is 16.7. The standard InChI is InChI=1S/C28H40N2O4/c1-29-15-5-3-9-23(29)21-33-27-13-7-11-25(19-27)31-17-18-32-26-12-8-14-28(20-26)34-22-24-10-4-6-16-30(24)2/h7-8,11-14,19-20,23-24H,3-6,9-10,15-18,21-22H2,1-2H3. The first-order valence-electron chi connectivity index (χ1n) is 12.8. The van der Waals surface area contributed by atoms with Gasteiger partial charge in [0.05, 0.1) is 0 Å². The highest BCUT2D eigenvalue weighted by Crippen LogP contribution is 2.23. The van der Waals surface area contributed by atoms with E-state index in [1.165, 1.54) is 38.5 Å². The normalized spacial score (nSPS) is 21.7. The van der Waals surface area contributed by atoms with Crippen LogP contribution in [0, 0.1) is 0 Å². The highest BCUT2D eigenvalue weighted by atomic mass is 16.5. The van der Waals surface area contributed by atoms with Gasteiger partial charge in [-0.2, -0.15) is 0 Å². The van der Waals surface area contributed by atoms with E-state index in [0.29, 0.717) is 25.3 Å². The summed E-state index contributed by atoms with van der Waals surface area (Å²) >= 11 is 0. The van der Waals surface area contributed by atoms with Crippen LogP contribution in [0.5, 0.6) is 23.0 Å². The summed E-state index contributed by atoms with van der Waals surface area (Å²) in [6.07, 6.45) is 7.55. The monoisotopic (exact) mass is 468 g/mol. The molecule has 2 aliphatic heterocycles. The second kappa shape index (κ2) is 12.9. The second-order valence-corrected chi connectivity index (χ2v) is 9.53. The van der Waals surface area contributed by atoms with Crippen LogP contribution >= 0.6 is 0 Å². The molecule has 0 radical (unpaired) electrons. The van der Waals surface area contributed by atoms with E-state index in [1.807, 2.05) is 48.5 Å². The average Bonchev–Trinajstić information content (AvgIpc) is 2.86. The van der Waals surface area contributed by atoms with Crippen LogP contribution < -0.4 is 18.9 Å². The van der Waals surface area contributed by atoms with Crippen molar-refractivity contribution in [1.82, 2.24) is 9.80 Å². The SMILES string of the molecule is CN1CCCCC1COc1cccc(OCCOc2cccc(OCC3CCCCN3C)c2)c1. The Hall–Kier alpha value is -2.44. The number of hydrogen-bond acceptors (Lipinski definition) is 6. The highest BCUT2D eigenvalue weighted by molar-refractivity contribution is 5.34. The van der Waals surface area contributed by atoms with E-state index in [-0.39, 0.29) is 0 Å². The predicted octanol–water partition coefficient (Wildman–Crippen LogP) is 4.87. The van der Waals surface area contributed by atoms with Gasteiger partial charge in [-0.1, -0.05) is 25.0 Å². The van der Waals surface area contributed by atoms with Gasteiger partial charge in [-0.15, -0.1) is 0 Å². The predicted molar refractivity (Wildman–Crippen MR) is 135 cm³/mol. The Bertz CT molecular complexity index is 805. The summed E-state index contributed by atoms with van der Waals surface area (Å²) in [5.41, 5.74) is 0. The first kappa shape index (κ1) is 24.7. The van der Waals surface area contributed by atoms with Gasteiger partial charge in [0.25, 0.3) is 0 Å². The number of hydrogen-bond donors (Lipinski definition) is 0. The summed E-state index contributed by atoms with van der Waals surface area (Å²) in [5.74, 6) is 3.30. The third-order valence-electron chi connectivity index (χ3n) is 6.96. The van der Waals surface area contributed by atoms with Gasteiger partial charge in [0, 0.05) is 24.2 Å². The van der Waals surface area contributed by atoms with E-state index in [1.54, 1.807) is 0 Å². The summed E-state index contributed by atoms with van der Waals surface area (Å²) in [7, 11) is 4.37. The molecule has 2 saturated heterocycles. The van der Waals surface area contributed by atoms with Crippen molar-refractivity contribution >= 4 is 0 Å².